The maximum atomic E-state index is 13.1. The van der Waals surface area contributed by atoms with Crippen molar-refractivity contribution in [3.05, 3.63) is 53.4 Å². The molecular weight excluding hydrogens is 454 g/mol. The van der Waals surface area contributed by atoms with Gasteiger partial charge < -0.3 is 19.1 Å². The fourth-order valence-corrected chi connectivity index (χ4v) is 7.79. The maximum absolute atomic E-state index is 13.1. The Hall–Kier alpha value is -2.76. The highest BCUT2D eigenvalue weighted by atomic mass is 16.5. The van der Waals surface area contributed by atoms with Gasteiger partial charge in [0.05, 0.1) is 37.4 Å². The lowest BCUT2D eigenvalue weighted by atomic mass is 9.49. The summed E-state index contributed by atoms with van der Waals surface area (Å²) in [6.45, 7) is 4.68. The van der Waals surface area contributed by atoms with Gasteiger partial charge in [0.2, 0.25) is 0 Å². The van der Waals surface area contributed by atoms with Crippen molar-refractivity contribution in [3.8, 4) is 5.75 Å². The number of hydrogen-bond donors (Lipinski definition) is 0. The molecule has 36 heavy (non-hydrogen) atoms. The molecule has 0 spiro atoms. The van der Waals surface area contributed by atoms with Gasteiger partial charge >= 0.3 is 11.9 Å². The van der Waals surface area contributed by atoms with Crippen molar-refractivity contribution in [1.29, 1.82) is 0 Å². The number of carbonyl (C=O) groups excluding carboxylic acids is 2. The molecule has 1 heterocycles. The third kappa shape index (κ3) is 4.79. The van der Waals surface area contributed by atoms with Gasteiger partial charge in [0.25, 0.3) is 0 Å². The summed E-state index contributed by atoms with van der Waals surface area (Å²) in [5, 5.41) is 0. The summed E-state index contributed by atoms with van der Waals surface area (Å²) in [4.78, 5) is 28.2. The molecule has 0 aromatic heterocycles. The quantitative estimate of drug-likeness (QED) is 0.440. The summed E-state index contributed by atoms with van der Waals surface area (Å²) in [6, 6.07) is 7.57. The number of rotatable bonds is 8. The lowest BCUT2D eigenvalue weighted by Gasteiger charge is -2.57. The molecule has 4 aliphatic carbocycles. The van der Waals surface area contributed by atoms with Crippen LogP contribution in [0.3, 0.4) is 0 Å². The van der Waals surface area contributed by atoms with Gasteiger partial charge in [-0.25, -0.2) is 9.59 Å². The molecule has 5 aliphatic rings. The Bertz CT molecular complexity index is 1000. The summed E-state index contributed by atoms with van der Waals surface area (Å²) < 4.78 is 16.5. The van der Waals surface area contributed by atoms with Crippen molar-refractivity contribution in [2.24, 2.45) is 23.2 Å². The number of nitrogens with zero attached hydrogens (tertiary/aromatic N) is 1. The van der Waals surface area contributed by atoms with Gasteiger partial charge in [0.1, 0.15) is 5.75 Å². The van der Waals surface area contributed by atoms with Crippen LogP contribution in [-0.4, -0.2) is 43.7 Å². The van der Waals surface area contributed by atoms with Crippen LogP contribution in [0.15, 0.2) is 47.8 Å². The number of methoxy groups -OCH3 is 2. The van der Waals surface area contributed by atoms with Crippen molar-refractivity contribution in [3.63, 3.8) is 0 Å². The molecule has 1 aliphatic heterocycles. The van der Waals surface area contributed by atoms with Crippen LogP contribution in [0.5, 0.6) is 5.75 Å². The zero-order valence-corrected chi connectivity index (χ0v) is 22.0. The molecule has 0 N–H and O–H groups in total. The number of carbonyl (C=O) groups is 2. The van der Waals surface area contributed by atoms with Crippen LogP contribution in [0.1, 0.15) is 70.3 Å². The molecule has 6 rings (SSSR count). The van der Waals surface area contributed by atoms with Gasteiger partial charge in [-0.1, -0.05) is 18.2 Å². The number of benzene rings is 1. The Labute approximate surface area is 214 Å². The number of ether oxygens (including phenoxy) is 3. The SMILES string of the molecule is COC(=O)C1=CN(CCC23CC4CC(CC(C4)C2)C3)C=C(C(=O)OC)C1c1ccccc1OC(C)C. The van der Waals surface area contributed by atoms with E-state index in [4.69, 9.17) is 14.2 Å². The van der Waals surface area contributed by atoms with Crippen molar-refractivity contribution in [1.82, 2.24) is 4.90 Å². The highest BCUT2D eigenvalue weighted by Gasteiger charge is 2.50. The predicted molar refractivity (Wildman–Crippen MR) is 137 cm³/mol. The lowest BCUT2D eigenvalue weighted by Crippen LogP contribution is -2.47. The standard InChI is InChI=1S/C30H39NO5/c1-19(2)36-26-8-6-5-7-23(26)27-24(28(32)34-3)17-31(18-25(27)29(33)35-4)10-9-30-14-20-11-21(15-30)13-22(12-20)16-30/h5-8,17-22,27H,9-16H2,1-4H3. The summed E-state index contributed by atoms with van der Waals surface area (Å²) >= 11 is 0. The van der Waals surface area contributed by atoms with E-state index in [2.05, 4.69) is 0 Å². The molecule has 194 valence electrons. The smallest absolute Gasteiger partial charge is 0.336 e. The molecule has 0 radical (unpaired) electrons. The molecule has 6 nitrogen and oxygen atoms in total. The van der Waals surface area contributed by atoms with Crippen LogP contribution in [0.2, 0.25) is 0 Å². The summed E-state index contributed by atoms with van der Waals surface area (Å²) in [5.74, 6) is 1.78. The van der Waals surface area contributed by atoms with Gasteiger partial charge in [0, 0.05) is 24.5 Å². The maximum Gasteiger partial charge on any atom is 0.336 e. The van der Waals surface area contributed by atoms with Gasteiger partial charge in [-0.15, -0.1) is 0 Å². The van der Waals surface area contributed by atoms with E-state index in [1.165, 1.54) is 52.7 Å². The fraction of sp³-hybridized carbons (Fsp3) is 0.600. The van der Waals surface area contributed by atoms with Crippen molar-refractivity contribution >= 4 is 11.9 Å². The Kier molecular flexibility index (Phi) is 6.88. The monoisotopic (exact) mass is 493 g/mol. The zero-order valence-electron chi connectivity index (χ0n) is 22.0. The van der Waals surface area contributed by atoms with E-state index < -0.39 is 17.9 Å². The average Bonchev–Trinajstić information content (AvgIpc) is 2.85. The molecule has 4 saturated carbocycles. The van der Waals surface area contributed by atoms with Crippen LogP contribution >= 0.6 is 0 Å². The normalized spacial score (nSPS) is 29.1. The first-order valence-electron chi connectivity index (χ1n) is 13.4. The average molecular weight is 494 g/mol. The minimum atomic E-state index is -0.629. The highest BCUT2D eigenvalue weighted by molar-refractivity contribution is 5.98. The first-order valence-corrected chi connectivity index (χ1v) is 13.4. The van der Waals surface area contributed by atoms with E-state index in [0.717, 1.165) is 36.3 Å². The zero-order chi connectivity index (χ0) is 25.4. The Balaban J connectivity index is 1.46. The van der Waals surface area contributed by atoms with Crippen LogP contribution in [0.4, 0.5) is 0 Å². The van der Waals surface area contributed by atoms with Crippen LogP contribution in [0, 0.1) is 23.2 Å². The predicted octanol–water partition coefficient (Wildman–Crippen LogP) is 5.59. The van der Waals surface area contributed by atoms with E-state index in [1.54, 1.807) is 0 Å². The van der Waals surface area contributed by atoms with Gasteiger partial charge in [-0.05, 0) is 88.0 Å². The second kappa shape index (κ2) is 9.95. The molecule has 4 bridgehead atoms. The van der Waals surface area contributed by atoms with Gasteiger partial charge in [-0.2, -0.15) is 0 Å². The molecule has 1 aromatic rings. The largest absolute Gasteiger partial charge is 0.491 e. The molecule has 6 heteroatoms. The molecule has 4 fully saturated rings. The molecule has 0 unspecified atom stereocenters. The van der Waals surface area contributed by atoms with E-state index in [0.29, 0.717) is 22.3 Å². The lowest BCUT2D eigenvalue weighted by molar-refractivity contribution is -0.137. The molecule has 1 aromatic carbocycles. The van der Waals surface area contributed by atoms with Crippen LogP contribution < -0.4 is 4.74 Å². The highest BCUT2D eigenvalue weighted by Crippen LogP contribution is 2.61. The minimum Gasteiger partial charge on any atom is -0.491 e. The van der Waals surface area contributed by atoms with Crippen LogP contribution in [-0.2, 0) is 19.1 Å². The van der Waals surface area contributed by atoms with Gasteiger partial charge in [-0.3, -0.25) is 0 Å². The van der Waals surface area contributed by atoms with Crippen LogP contribution in [0.25, 0.3) is 0 Å². The fourth-order valence-electron chi connectivity index (χ4n) is 7.79. The number of esters is 2. The third-order valence-electron chi connectivity index (χ3n) is 8.73. The molecular formula is C30H39NO5. The Morgan fingerprint density at radius 1 is 0.917 bits per heavy atom. The Morgan fingerprint density at radius 3 is 1.94 bits per heavy atom. The van der Waals surface area contributed by atoms with Crippen molar-refractivity contribution < 1.29 is 23.8 Å². The van der Waals surface area contributed by atoms with E-state index in [9.17, 15) is 9.59 Å². The number of hydrogen-bond acceptors (Lipinski definition) is 6. The molecule has 0 amide bonds. The first-order chi connectivity index (χ1) is 17.3. The van der Waals surface area contributed by atoms with Crippen molar-refractivity contribution in [2.75, 3.05) is 20.8 Å². The van der Waals surface area contributed by atoms with E-state index >= 15 is 0 Å². The Morgan fingerprint density at radius 2 is 1.44 bits per heavy atom. The molecule has 0 atom stereocenters. The second-order valence-electron chi connectivity index (χ2n) is 11.7. The molecule has 0 saturated heterocycles. The summed E-state index contributed by atoms with van der Waals surface area (Å²) in [5.41, 5.74) is 2.00. The van der Waals surface area contributed by atoms with Crippen molar-refractivity contribution in [2.45, 2.75) is 70.8 Å². The van der Waals surface area contributed by atoms with E-state index in [1.807, 2.05) is 55.4 Å². The second-order valence-corrected chi connectivity index (χ2v) is 11.7. The van der Waals surface area contributed by atoms with E-state index in [-0.39, 0.29) is 6.10 Å². The number of para-hydroxylation sites is 1. The topological polar surface area (TPSA) is 65.1 Å². The minimum absolute atomic E-state index is 0.0531. The third-order valence-corrected chi connectivity index (χ3v) is 8.73. The summed E-state index contributed by atoms with van der Waals surface area (Å²) in [7, 11) is 2.76. The first kappa shape index (κ1) is 24.9. The van der Waals surface area contributed by atoms with Gasteiger partial charge in [0.15, 0.2) is 0 Å². The summed E-state index contributed by atoms with van der Waals surface area (Å²) in [6.07, 6.45) is 13.0.